The summed E-state index contributed by atoms with van der Waals surface area (Å²) in [6.07, 6.45) is 4.60. The number of ether oxygens (including phenoxy) is 3. The van der Waals surface area contributed by atoms with E-state index >= 15 is 0 Å². The predicted molar refractivity (Wildman–Crippen MR) is 137 cm³/mol. The van der Waals surface area contributed by atoms with Gasteiger partial charge < -0.3 is 14.2 Å². The van der Waals surface area contributed by atoms with E-state index in [4.69, 9.17) is 19.2 Å². The molecule has 0 radical (unpaired) electrons. The molecule has 0 spiro atoms. The van der Waals surface area contributed by atoms with E-state index in [1.807, 2.05) is 24.3 Å². The molecule has 2 aromatic heterocycles. The molecule has 6 heteroatoms. The second kappa shape index (κ2) is 9.63. The van der Waals surface area contributed by atoms with Gasteiger partial charge in [-0.1, -0.05) is 34.1 Å². The van der Waals surface area contributed by atoms with Gasteiger partial charge in [0.05, 0.1) is 26.8 Å². The number of nitrogens with zero attached hydrogens (tertiary/aromatic N) is 2. The molecule has 0 aliphatic heterocycles. The van der Waals surface area contributed by atoms with Crippen LogP contribution in [0.25, 0.3) is 10.9 Å². The first kappa shape index (κ1) is 22.7. The fraction of sp³-hybridized carbons (Fsp3) is 0.286. The van der Waals surface area contributed by atoms with Gasteiger partial charge in [0.25, 0.3) is 0 Å². The molecule has 0 saturated carbocycles. The highest BCUT2D eigenvalue weighted by atomic mass is 79.9. The van der Waals surface area contributed by atoms with Crippen LogP contribution < -0.4 is 14.2 Å². The molecule has 5 rings (SSSR count). The Balaban J connectivity index is 1.82. The zero-order valence-corrected chi connectivity index (χ0v) is 21.2. The average molecular weight is 519 g/mol. The normalized spacial score (nSPS) is 13.9. The highest BCUT2D eigenvalue weighted by Crippen LogP contribution is 2.43. The minimum Gasteiger partial charge on any atom is -0.481 e. The quantitative estimate of drug-likeness (QED) is 0.292. The number of fused-ring (bicyclic) bond motifs is 2. The summed E-state index contributed by atoms with van der Waals surface area (Å²) in [7, 11) is 4.93. The molecule has 0 N–H and O–H groups in total. The number of methoxy groups -OCH3 is 3. The molecule has 1 atom stereocenters. The zero-order valence-electron chi connectivity index (χ0n) is 19.6. The summed E-state index contributed by atoms with van der Waals surface area (Å²) < 4.78 is 17.9. The third-order valence-electron chi connectivity index (χ3n) is 6.57. The lowest BCUT2D eigenvalue weighted by molar-refractivity contribution is 0.363. The van der Waals surface area contributed by atoms with Crippen LogP contribution in [0.3, 0.4) is 0 Å². The number of aromatic nitrogens is 2. The van der Waals surface area contributed by atoms with Crippen molar-refractivity contribution in [3.05, 3.63) is 86.9 Å². The lowest BCUT2D eigenvalue weighted by Crippen LogP contribution is -2.13. The maximum atomic E-state index is 5.86. The second-order valence-electron chi connectivity index (χ2n) is 8.53. The lowest BCUT2D eigenvalue weighted by Gasteiger charge is -2.27. The van der Waals surface area contributed by atoms with E-state index in [1.54, 1.807) is 21.3 Å². The molecule has 5 nitrogen and oxygen atoms in total. The van der Waals surface area contributed by atoms with Gasteiger partial charge in [0, 0.05) is 33.5 Å². The van der Waals surface area contributed by atoms with Crippen molar-refractivity contribution in [1.82, 2.24) is 9.97 Å². The Hall–Kier alpha value is -3.12. The molecule has 2 heterocycles. The highest BCUT2D eigenvalue weighted by molar-refractivity contribution is 9.10. The largest absolute Gasteiger partial charge is 0.481 e. The van der Waals surface area contributed by atoms with E-state index in [-0.39, 0.29) is 5.92 Å². The fourth-order valence-electron chi connectivity index (χ4n) is 5.00. The van der Waals surface area contributed by atoms with Crippen molar-refractivity contribution < 1.29 is 14.2 Å². The van der Waals surface area contributed by atoms with Gasteiger partial charge in [-0.2, -0.15) is 4.98 Å². The molecule has 0 bridgehead atoms. The van der Waals surface area contributed by atoms with E-state index in [2.05, 4.69) is 51.2 Å². The first-order valence-electron chi connectivity index (χ1n) is 11.5. The predicted octanol–water partition coefficient (Wildman–Crippen LogP) is 6.48. The van der Waals surface area contributed by atoms with Crippen LogP contribution in [0.15, 0.2) is 59.1 Å². The molecule has 174 valence electrons. The van der Waals surface area contributed by atoms with Crippen molar-refractivity contribution in [2.45, 2.75) is 31.6 Å². The van der Waals surface area contributed by atoms with E-state index < -0.39 is 0 Å². The van der Waals surface area contributed by atoms with E-state index in [1.165, 1.54) is 29.5 Å². The molecule has 1 aliphatic rings. The monoisotopic (exact) mass is 518 g/mol. The summed E-state index contributed by atoms with van der Waals surface area (Å²) in [5, 5.41) is 1.05. The SMILES string of the molecule is COc1cc(C(c2cc3cc(Br)ccc3nc2OC)c2cccc3c2CCCC3)cc(OC)n1. The topological polar surface area (TPSA) is 53.5 Å². The summed E-state index contributed by atoms with van der Waals surface area (Å²) in [5.41, 5.74) is 7.03. The van der Waals surface area contributed by atoms with Crippen molar-refractivity contribution in [3.63, 3.8) is 0 Å². The molecule has 0 saturated heterocycles. The maximum absolute atomic E-state index is 5.86. The summed E-state index contributed by atoms with van der Waals surface area (Å²) in [4.78, 5) is 9.32. The van der Waals surface area contributed by atoms with Gasteiger partial charge in [0.2, 0.25) is 17.6 Å². The first-order chi connectivity index (χ1) is 16.6. The Bertz CT molecular complexity index is 1330. The Labute approximate surface area is 208 Å². The Morgan fingerprint density at radius 1 is 0.794 bits per heavy atom. The van der Waals surface area contributed by atoms with Gasteiger partial charge in [-0.3, -0.25) is 0 Å². The van der Waals surface area contributed by atoms with E-state index in [0.717, 1.165) is 39.3 Å². The molecule has 0 amide bonds. The van der Waals surface area contributed by atoms with Crippen LogP contribution in [0.2, 0.25) is 0 Å². The van der Waals surface area contributed by atoms with Gasteiger partial charge in [-0.05, 0) is 72.2 Å². The zero-order chi connectivity index (χ0) is 23.7. The van der Waals surface area contributed by atoms with Gasteiger partial charge in [-0.15, -0.1) is 0 Å². The Morgan fingerprint density at radius 3 is 2.29 bits per heavy atom. The number of aryl methyl sites for hydroxylation is 1. The summed E-state index contributed by atoms with van der Waals surface area (Å²) >= 11 is 3.61. The van der Waals surface area contributed by atoms with Crippen LogP contribution in [0, 0.1) is 0 Å². The fourth-order valence-corrected chi connectivity index (χ4v) is 5.38. The van der Waals surface area contributed by atoms with E-state index in [0.29, 0.717) is 17.6 Å². The van der Waals surface area contributed by atoms with Crippen LogP contribution in [-0.2, 0) is 12.8 Å². The van der Waals surface area contributed by atoms with Crippen molar-refractivity contribution in [2.75, 3.05) is 21.3 Å². The molecule has 1 unspecified atom stereocenters. The molecule has 1 aliphatic carbocycles. The van der Waals surface area contributed by atoms with Gasteiger partial charge in [0.15, 0.2) is 0 Å². The van der Waals surface area contributed by atoms with Crippen molar-refractivity contribution >= 4 is 26.8 Å². The molecule has 2 aromatic carbocycles. The van der Waals surface area contributed by atoms with Crippen LogP contribution in [-0.4, -0.2) is 31.3 Å². The van der Waals surface area contributed by atoms with Crippen molar-refractivity contribution in [3.8, 4) is 17.6 Å². The van der Waals surface area contributed by atoms with Gasteiger partial charge in [-0.25, -0.2) is 4.98 Å². The van der Waals surface area contributed by atoms with Crippen LogP contribution in [0.4, 0.5) is 0 Å². The number of halogens is 1. The Morgan fingerprint density at radius 2 is 1.56 bits per heavy atom. The van der Waals surface area contributed by atoms with Crippen molar-refractivity contribution in [2.24, 2.45) is 0 Å². The number of pyridine rings is 2. The number of benzene rings is 2. The summed E-state index contributed by atoms with van der Waals surface area (Å²) in [6.45, 7) is 0. The summed E-state index contributed by atoms with van der Waals surface area (Å²) in [5.74, 6) is 1.52. The molecule has 34 heavy (non-hydrogen) atoms. The van der Waals surface area contributed by atoms with E-state index in [9.17, 15) is 0 Å². The molecule has 0 fully saturated rings. The lowest BCUT2D eigenvalue weighted by atomic mass is 9.78. The Kier molecular flexibility index (Phi) is 6.42. The standard InChI is InChI=1S/C28H27BrN2O3/c1-32-25-15-19(16-26(31-25)33-2)27(22-10-6-8-17-7-4-5-9-21(17)22)23-14-18-13-20(29)11-12-24(18)30-28(23)34-3/h6,8,10-16,27H,4-5,7,9H2,1-3H3. The number of hydrogen-bond acceptors (Lipinski definition) is 5. The highest BCUT2D eigenvalue weighted by Gasteiger charge is 2.28. The minimum atomic E-state index is -0.121. The van der Waals surface area contributed by atoms with Gasteiger partial charge >= 0.3 is 0 Å². The number of hydrogen-bond donors (Lipinski definition) is 0. The van der Waals surface area contributed by atoms with Gasteiger partial charge in [0.1, 0.15) is 0 Å². The average Bonchev–Trinajstić information content (AvgIpc) is 2.88. The number of rotatable bonds is 6. The smallest absolute Gasteiger partial charge is 0.217 e. The molecule has 4 aromatic rings. The minimum absolute atomic E-state index is 0.121. The van der Waals surface area contributed by atoms with Crippen LogP contribution in [0.1, 0.15) is 46.6 Å². The summed E-state index contributed by atoms with van der Waals surface area (Å²) in [6, 6.07) is 18.9. The third kappa shape index (κ3) is 4.23. The maximum Gasteiger partial charge on any atom is 0.217 e. The molecular weight excluding hydrogens is 492 g/mol. The third-order valence-corrected chi connectivity index (χ3v) is 7.06. The molecular formula is C28H27BrN2O3. The van der Waals surface area contributed by atoms with Crippen molar-refractivity contribution in [1.29, 1.82) is 0 Å². The van der Waals surface area contributed by atoms with Crippen LogP contribution in [0.5, 0.6) is 17.6 Å². The second-order valence-corrected chi connectivity index (χ2v) is 9.45. The first-order valence-corrected chi connectivity index (χ1v) is 12.3. The van der Waals surface area contributed by atoms with Crippen LogP contribution >= 0.6 is 15.9 Å².